The van der Waals surface area contributed by atoms with Crippen LogP contribution in [0.5, 0.6) is 5.75 Å². The number of halogens is 1. The van der Waals surface area contributed by atoms with Crippen molar-refractivity contribution in [1.29, 1.82) is 0 Å². The number of hydrogen-bond acceptors (Lipinski definition) is 8. The fourth-order valence-corrected chi connectivity index (χ4v) is 4.55. The van der Waals surface area contributed by atoms with E-state index in [1.807, 2.05) is 37.3 Å². The second-order valence-corrected chi connectivity index (χ2v) is 9.12. The van der Waals surface area contributed by atoms with E-state index in [4.69, 9.17) is 31.3 Å². The number of nitrogens with one attached hydrogen (secondary N) is 1. The van der Waals surface area contributed by atoms with Gasteiger partial charge in [-0.2, -0.15) is 15.0 Å². The summed E-state index contributed by atoms with van der Waals surface area (Å²) in [6.07, 6.45) is 2.33. The fourth-order valence-electron chi connectivity index (χ4n) is 4.37. The van der Waals surface area contributed by atoms with Crippen molar-refractivity contribution in [3.63, 3.8) is 0 Å². The lowest BCUT2D eigenvalue weighted by molar-refractivity contribution is 0.415. The molecule has 0 bridgehead atoms. The molecule has 1 aromatic heterocycles. The van der Waals surface area contributed by atoms with Crippen molar-refractivity contribution < 1.29 is 4.74 Å². The summed E-state index contributed by atoms with van der Waals surface area (Å²) >= 11 is 6.33. The van der Waals surface area contributed by atoms with E-state index in [0.717, 1.165) is 75.1 Å². The Labute approximate surface area is 205 Å². The molecule has 3 aromatic rings. The van der Waals surface area contributed by atoms with Gasteiger partial charge in [-0.1, -0.05) is 17.7 Å². The van der Waals surface area contributed by atoms with Crippen LogP contribution in [0.4, 0.5) is 29.2 Å². The monoisotopic (exact) mass is 479 g/mol. The molecule has 0 amide bonds. The van der Waals surface area contributed by atoms with Gasteiger partial charge in [0.05, 0.1) is 7.11 Å². The third-order valence-electron chi connectivity index (χ3n) is 6.43. The molecule has 5 rings (SSSR count). The number of nitrogens with zero attached hydrogens (tertiary/aromatic N) is 6. The average molecular weight is 480 g/mol. The minimum absolute atomic E-state index is 0.546. The highest BCUT2D eigenvalue weighted by atomic mass is 35.5. The smallest absolute Gasteiger partial charge is 0.233 e. The maximum Gasteiger partial charge on any atom is 0.233 e. The molecule has 2 saturated heterocycles. The van der Waals surface area contributed by atoms with Gasteiger partial charge in [0.15, 0.2) is 0 Å². The Morgan fingerprint density at radius 2 is 1.41 bits per heavy atom. The first-order valence-corrected chi connectivity index (χ1v) is 12.1. The number of anilines is 5. The van der Waals surface area contributed by atoms with Gasteiger partial charge in [-0.15, -0.1) is 0 Å². The Kier molecular flexibility index (Phi) is 6.58. The van der Waals surface area contributed by atoms with Gasteiger partial charge in [0.25, 0.3) is 0 Å². The predicted molar refractivity (Wildman–Crippen MR) is 138 cm³/mol. The Balaban J connectivity index is 1.35. The van der Waals surface area contributed by atoms with E-state index in [2.05, 4.69) is 32.1 Å². The number of hydrogen-bond donors (Lipinski definition) is 1. The number of aromatic nitrogens is 3. The molecule has 2 aliphatic heterocycles. The zero-order chi connectivity index (χ0) is 23.5. The molecule has 0 saturated carbocycles. The van der Waals surface area contributed by atoms with Crippen LogP contribution >= 0.6 is 11.6 Å². The van der Waals surface area contributed by atoms with Crippen molar-refractivity contribution in [1.82, 2.24) is 15.0 Å². The molecule has 3 heterocycles. The summed E-state index contributed by atoms with van der Waals surface area (Å²) in [5.41, 5.74) is 3.10. The summed E-state index contributed by atoms with van der Waals surface area (Å²) in [7, 11) is 1.69. The molecule has 34 heavy (non-hydrogen) atoms. The first-order chi connectivity index (χ1) is 16.6. The van der Waals surface area contributed by atoms with Gasteiger partial charge in [-0.05, 0) is 61.7 Å². The molecular formula is C25H30ClN7O. The maximum absolute atomic E-state index is 6.33. The molecule has 0 aliphatic carbocycles. The number of ether oxygens (including phenoxy) is 1. The van der Waals surface area contributed by atoms with E-state index < -0.39 is 0 Å². The third-order valence-corrected chi connectivity index (χ3v) is 6.84. The van der Waals surface area contributed by atoms with Crippen molar-refractivity contribution in [2.45, 2.75) is 19.8 Å². The molecule has 0 radical (unpaired) electrons. The lowest BCUT2D eigenvalue weighted by Crippen LogP contribution is -2.47. The first kappa shape index (κ1) is 22.5. The molecule has 178 valence electrons. The summed E-state index contributed by atoms with van der Waals surface area (Å²) in [5.74, 6) is 2.87. The van der Waals surface area contributed by atoms with E-state index in [0.29, 0.717) is 16.9 Å². The van der Waals surface area contributed by atoms with Gasteiger partial charge < -0.3 is 24.8 Å². The molecule has 0 spiro atoms. The van der Waals surface area contributed by atoms with E-state index in [9.17, 15) is 0 Å². The third kappa shape index (κ3) is 4.97. The molecule has 8 nitrogen and oxygen atoms in total. The van der Waals surface area contributed by atoms with Gasteiger partial charge in [0.2, 0.25) is 17.8 Å². The summed E-state index contributed by atoms with van der Waals surface area (Å²) < 4.78 is 5.28. The van der Waals surface area contributed by atoms with Gasteiger partial charge in [0.1, 0.15) is 5.75 Å². The topological polar surface area (TPSA) is 69.7 Å². The molecule has 0 unspecified atom stereocenters. The number of methoxy groups -OCH3 is 1. The Bertz CT molecular complexity index is 1130. The Hall–Kier alpha value is -3.26. The number of benzene rings is 2. The highest BCUT2D eigenvalue weighted by Gasteiger charge is 2.23. The minimum atomic E-state index is 0.546. The van der Waals surface area contributed by atoms with Crippen molar-refractivity contribution in [2.24, 2.45) is 0 Å². The van der Waals surface area contributed by atoms with Crippen molar-refractivity contribution >= 4 is 40.8 Å². The molecule has 2 aromatic carbocycles. The number of rotatable bonds is 6. The zero-order valence-electron chi connectivity index (χ0n) is 19.7. The van der Waals surface area contributed by atoms with Crippen LogP contribution < -0.4 is 24.8 Å². The maximum atomic E-state index is 6.33. The van der Waals surface area contributed by atoms with Gasteiger partial charge in [0, 0.05) is 55.7 Å². The molecule has 9 heteroatoms. The molecule has 2 aliphatic rings. The quantitative estimate of drug-likeness (QED) is 0.553. The van der Waals surface area contributed by atoms with Gasteiger partial charge in [-0.3, -0.25) is 0 Å². The Morgan fingerprint density at radius 1 is 0.794 bits per heavy atom. The van der Waals surface area contributed by atoms with Crippen LogP contribution in [0.2, 0.25) is 5.02 Å². The standard InChI is InChI=1S/C25H30ClN7O/c1-18-5-6-19(17-22(18)26)27-23-28-24(32-11-3-4-12-32)30-25(29-23)33-15-13-31(14-16-33)20-7-9-21(34-2)10-8-20/h5-10,17H,3-4,11-16H2,1-2H3,(H,27,28,29,30). The lowest BCUT2D eigenvalue weighted by Gasteiger charge is -2.36. The zero-order valence-corrected chi connectivity index (χ0v) is 20.4. The molecule has 1 N–H and O–H groups in total. The van der Waals surface area contributed by atoms with Crippen LogP contribution in [0.3, 0.4) is 0 Å². The van der Waals surface area contributed by atoms with E-state index in [1.54, 1.807) is 7.11 Å². The molecule has 0 atom stereocenters. The van der Waals surface area contributed by atoms with Crippen LogP contribution in [-0.2, 0) is 0 Å². The van der Waals surface area contributed by atoms with E-state index in [1.165, 1.54) is 5.69 Å². The van der Waals surface area contributed by atoms with Crippen LogP contribution in [0.1, 0.15) is 18.4 Å². The van der Waals surface area contributed by atoms with Crippen molar-refractivity contribution in [3.8, 4) is 5.75 Å². The lowest BCUT2D eigenvalue weighted by atomic mass is 10.2. The SMILES string of the molecule is COc1ccc(N2CCN(c3nc(Nc4ccc(C)c(Cl)c4)nc(N4CCCC4)n3)CC2)cc1. The highest BCUT2D eigenvalue weighted by molar-refractivity contribution is 6.31. The van der Waals surface area contributed by atoms with Crippen molar-refractivity contribution in [2.75, 3.05) is 66.4 Å². The summed E-state index contributed by atoms with van der Waals surface area (Å²) in [6.45, 7) is 7.41. The fraction of sp³-hybridized carbons (Fsp3) is 0.400. The second-order valence-electron chi connectivity index (χ2n) is 8.71. The van der Waals surface area contributed by atoms with Crippen LogP contribution in [0, 0.1) is 6.92 Å². The van der Waals surface area contributed by atoms with Crippen molar-refractivity contribution in [3.05, 3.63) is 53.1 Å². The minimum Gasteiger partial charge on any atom is -0.497 e. The Morgan fingerprint density at radius 3 is 2.03 bits per heavy atom. The predicted octanol–water partition coefficient (Wildman–Crippen LogP) is 4.51. The first-order valence-electron chi connectivity index (χ1n) is 11.8. The average Bonchev–Trinajstić information content (AvgIpc) is 3.42. The highest BCUT2D eigenvalue weighted by Crippen LogP contribution is 2.26. The largest absolute Gasteiger partial charge is 0.497 e. The second kappa shape index (κ2) is 9.93. The number of piperazine rings is 1. The van der Waals surface area contributed by atoms with Crippen LogP contribution in [0.15, 0.2) is 42.5 Å². The summed E-state index contributed by atoms with van der Waals surface area (Å²) in [5, 5.41) is 4.05. The van der Waals surface area contributed by atoms with E-state index in [-0.39, 0.29) is 0 Å². The van der Waals surface area contributed by atoms with E-state index >= 15 is 0 Å². The van der Waals surface area contributed by atoms with Crippen LogP contribution in [0.25, 0.3) is 0 Å². The molecule has 2 fully saturated rings. The molecular weight excluding hydrogens is 450 g/mol. The van der Waals surface area contributed by atoms with Crippen LogP contribution in [-0.4, -0.2) is 61.3 Å². The van der Waals surface area contributed by atoms with Gasteiger partial charge >= 0.3 is 0 Å². The number of aryl methyl sites for hydroxylation is 1. The summed E-state index contributed by atoms with van der Waals surface area (Å²) in [6, 6.07) is 14.1. The van der Waals surface area contributed by atoms with Gasteiger partial charge in [-0.25, -0.2) is 0 Å². The normalized spacial score (nSPS) is 16.1. The summed E-state index contributed by atoms with van der Waals surface area (Å²) in [4.78, 5) is 21.3.